The molecule has 6 heteroatoms. The molecule has 0 unspecified atom stereocenters. The zero-order valence-corrected chi connectivity index (χ0v) is 11.8. The number of imidazole rings is 1. The molecule has 0 aliphatic heterocycles. The van der Waals surface area contributed by atoms with Crippen molar-refractivity contribution in [2.24, 2.45) is 7.05 Å². The van der Waals surface area contributed by atoms with E-state index in [2.05, 4.69) is 25.9 Å². The molecule has 0 fully saturated rings. The van der Waals surface area contributed by atoms with Crippen molar-refractivity contribution in [1.29, 1.82) is 0 Å². The van der Waals surface area contributed by atoms with E-state index >= 15 is 0 Å². The fraction of sp³-hybridized carbons (Fsp3) is 0.462. The minimum absolute atomic E-state index is 0.649. The lowest BCUT2D eigenvalue weighted by molar-refractivity contribution is 0.225. The van der Waals surface area contributed by atoms with Crippen LogP contribution in [0.2, 0.25) is 0 Å². The Morgan fingerprint density at radius 1 is 1.42 bits per heavy atom. The van der Waals surface area contributed by atoms with Gasteiger partial charge in [-0.2, -0.15) is 0 Å². The van der Waals surface area contributed by atoms with E-state index in [4.69, 9.17) is 4.74 Å². The Hall–Kier alpha value is -1.95. The Bertz CT molecular complexity index is 590. The van der Waals surface area contributed by atoms with Crippen molar-refractivity contribution >= 4 is 17.0 Å². The first-order valence-corrected chi connectivity index (χ1v) is 6.11. The highest BCUT2D eigenvalue weighted by molar-refractivity contribution is 5.83. The number of aryl methyl sites for hydroxylation is 1. The summed E-state index contributed by atoms with van der Waals surface area (Å²) in [6, 6.07) is 0. The Morgan fingerprint density at radius 3 is 2.95 bits per heavy atom. The van der Waals surface area contributed by atoms with Crippen molar-refractivity contribution in [3.8, 4) is 0 Å². The number of likely N-dealkylation sites (N-methyl/N-ethyl adjacent to an activating group) is 1. The van der Waals surface area contributed by atoms with E-state index in [0.717, 1.165) is 23.5 Å². The Balaban J connectivity index is 2.22. The fourth-order valence-corrected chi connectivity index (χ4v) is 1.88. The third kappa shape index (κ3) is 2.90. The predicted octanol–water partition coefficient (Wildman–Crippen LogP) is 1.39. The maximum absolute atomic E-state index is 5.09. The third-order valence-electron chi connectivity index (χ3n) is 2.92. The van der Waals surface area contributed by atoms with Gasteiger partial charge < -0.3 is 14.2 Å². The molecule has 0 atom stereocenters. The number of hydrogen-bond donors (Lipinski definition) is 0. The highest BCUT2D eigenvalue weighted by Crippen LogP contribution is 2.19. The van der Waals surface area contributed by atoms with Gasteiger partial charge in [0.25, 0.3) is 0 Å². The van der Waals surface area contributed by atoms with Crippen molar-refractivity contribution in [3.05, 3.63) is 24.3 Å². The van der Waals surface area contributed by atoms with E-state index in [-0.39, 0.29) is 0 Å². The summed E-state index contributed by atoms with van der Waals surface area (Å²) >= 11 is 0. The Kier molecular flexibility index (Phi) is 4.11. The van der Waals surface area contributed by atoms with Crippen LogP contribution in [0.3, 0.4) is 0 Å². The molecule has 2 aromatic heterocycles. The van der Waals surface area contributed by atoms with Gasteiger partial charge in [-0.1, -0.05) is 11.6 Å². The molecule has 0 saturated carbocycles. The Labute approximate surface area is 112 Å². The number of nitrogens with zero attached hydrogens (tertiary/aromatic N) is 5. The molecule has 0 aliphatic rings. The minimum Gasteiger partial charge on any atom is -0.380 e. The first-order valence-electron chi connectivity index (χ1n) is 6.11. The predicted molar refractivity (Wildman–Crippen MR) is 75.2 cm³/mol. The number of methoxy groups -OCH3 is 1. The average Bonchev–Trinajstić information content (AvgIpc) is 2.78. The Morgan fingerprint density at radius 2 is 2.21 bits per heavy atom. The van der Waals surface area contributed by atoms with E-state index in [1.165, 1.54) is 5.57 Å². The van der Waals surface area contributed by atoms with Crippen LogP contribution >= 0.6 is 0 Å². The molecule has 0 amide bonds. The molecule has 2 aromatic rings. The maximum atomic E-state index is 5.09. The quantitative estimate of drug-likeness (QED) is 0.761. The van der Waals surface area contributed by atoms with Gasteiger partial charge in [0.1, 0.15) is 6.33 Å². The van der Waals surface area contributed by atoms with Gasteiger partial charge >= 0.3 is 0 Å². The molecule has 0 saturated heterocycles. The highest BCUT2D eigenvalue weighted by atomic mass is 16.5. The van der Waals surface area contributed by atoms with Crippen LogP contribution in [0.1, 0.15) is 6.92 Å². The van der Waals surface area contributed by atoms with E-state index in [1.807, 2.05) is 25.6 Å². The summed E-state index contributed by atoms with van der Waals surface area (Å²) in [6.07, 6.45) is 5.45. The number of fused-ring (bicyclic) bond motifs is 1. The number of ether oxygens (including phenoxy) is 1. The number of aromatic nitrogens is 4. The number of hydrogen-bond acceptors (Lipinski definition) is 5. The number of anilines is 1. The molecular weight excluding hydrogens is 242 g/mol. The van der Waals surface area contributed by atoms with Crippen molar-refractivity contribution in [3.63, 3.8) is 0 Å². The van der Waals surface area contributed by atoms with Gasteiger partial charge in [-0.3, -0.25) is 0 Å². The molecule has 0 aromatic carbocycles. The lowest BCUT2D eigenvalue weighted by atomic mass is 10.3. The van der Waals surface area contributed by atoms with Gasteiger partial charge in [0.15, 0.2) is 17.0 Å². The first-order chi connectivity index (χ1) is 9.13. The van der Waals surface area contributed by atoms with Crippen LogP contribution in [0.25, 0.3) is 11.2 Å². The van der Waals surface area contributed by atoms with E-state index in [1.54, 1.807) is 19.8 Å². The van der Waals surface area contributed by atoms with E-state index in [9.17, 15) is 0 Å². The number of rotatable bonds is 5. The van der Waals surface area contributed by atoms with Gasteiger partial charge in [0.2, 0.25) is 0 Å². The third-order valence-corrected chi connectivity index (χ3v) is 2.92. The molecule has 19 heavy (non-hydrogen) atoms. The van der Waals surface area contributed by atoms with Crippen LogP contribution in [0.4, 0.5) is 5.82 Å². The monoisotopic (exact) mass is 261 g/mol. The normalized spacial score (nSPS) is 12.1. The molecule has 0 radical (unpaired) electrons. The second-order valence-corrected chi connectivity index (χ2v) is 4.59. The van der Waals surface area contributed by atoms with Crippen LogP contribution in [0, 0.1) is 0 Å². The summed E-state index contributed by atoms with van der Waals surface area (Å²) in [5.41, 5.74) is 2.86. The van der Waals surface area contributed by atoms with Crippen LogP contribution in [0.15, 0.2) is 24.3 Å². The fourth-order valence-electron chi connectivity index (χ4n) is 1.88. The molecule has 0 aliphatic carbocycles. The summed E-state index contributed by atoms with van der Waals surface area (Å²) in [5.74, 6) is 0.840. The first kappa shape index (κ1) is 13.5. The van der Waals surface area contributed by atoms with Gasteiger partial charge in [-0.15, -0.1) is 0 Å². The van der Waals surface area contributed by atoms with Gasteiger partial charge in [0, 0.05) is 27.7 Å². The average molecular weight is 261 g/mol. The zero-order chi connectivity index (χ0) is 13.8. The summed E-state index contributed by atoms with van der Waals surface area (Å²) in [4.78, 5) is 15.0. The summed E-state index contributed by atoms with van der Waals surface area (Å²) in [7, 11) is 5.62. The second kappa shape index (κ2) is 5.79. The van der Waals surface area contributed by atoms with Crippen molar-refractivity contribution < 1.29 is 4.74 Å². The zero-order valence-electron chi connectivity index (χ0n) is 11.8. The topological polar surface area (TPSA) is 56.1 Å². The standard InChI is InChI=1S/C13H19N5O/c1-10(7-19-4)5-6-17(2)12-11-13(15-8-14-12)18(3)9-16-11/h5,8-9H,6-7H2,1-4H3/b10-5+. The molecule has 102 valence electrons. The van der Waals surface area contributed by atoms with Crippen molar-refractivity contribution in [2.45, 2.75) is 6.92 Å². The summed E-state index contributed by atoms with van der Waals surface area (Å²) in [5, 5.41) is 0. The molecule has 0 N–H and O–H groups in total. The van der Waals surface area contributed by atoms with Gasteiger partial charge in [-0.05, 0) is 6.92 Å². The largest absolute Gasteiger partial charge is 0.380 e. The van der Waals surface area contributed by atoms with E-state index in [0.29, 0.717) is 6.61 Å². The van der Waals surface area contributed by atoms with Gasteiger partial charge in [-0.25, -0.2) is 15.0 Å². The molecule has 0 spiro atoms. The SMILES string of the molecule is COC/C(C)=C/CN(C)c1ncnc2c1ncn2C. The van der Waals surface area contributed by atoms with Crippen molar-refractivity contribution in [2.75, 3.05) is 32.2 Å². The molecular formula is C13H19N5O. The van der Waals surface area contributed by atoms with E-state index < -0.39 is 0 Å². The molecule has 2 rings (SSSR count). The lowest BCUT2D eigenvalue weighted by Gasteiger charge is -2.16. The van der Waals surface area contributed by atoms with Crippen LogP contribution in [-0.2, 0) is 11.8 Å². The second-order valence-electron chi connectivity index (χ2n) is 4.59. The smallest absolute Gasteiger partial charge is 0.165 e. The van der Waals surface area contributed by atoms with Gasteiger partial charge in [0.05, 0.1) is 12.9 Å². The molecule has 6 nitrogen and oxygen atoms in total. The molecule has 2 heterocycles. The van der Waals surface area contributed by atoms with Crippen molar-refractivity contribution in [1.82, 2.24) is 19.5 Å². The van der Waals surface area contributed by atoms with Crippen LogP contribution < -0.4 is 4.90 Å². The summed E-state index contributed by atoms with van der Waals surface area (Å²) in [6.45, 7) is 3.46. The van der Waals surface area contributed by atoms with Crippen LogP contribution in [-0.4, -0.2) is 46.8 Å². The highest BCUT2D eigenvalue weighted by Gasteiger charge is 2.11. The summed E-state index contributed by atoms with van der Waals surface area (Å²) < 4.78 is 6.98. The molecule has 0 bridgehead atoms. The minimum atomic E-state index is 0.649. The maximum Gasteiger partial charge on any atom is 0.165 e. The lowest BCUT2D eigenvalue weighted by Crippen LogP contribution is -2.19. The van der Waals surface area contributed by atoms with Crippen LogP contribution in [0.5, 0.6) is 0 Å².